The Morgan fingerprint density at radius 2 is 1.50 bits per heavy atom. The zero-order valence-electron chi connectivity index (χ0n) is 29.7. The van der Waals surface area contributed by atoms with Gasteiger partial charge in [-0.1, -0.05) is 75.7 Å². The van der Waals surface area contributed by atoms with E-state index in [-0.39, 0.29) is 18.4 Å². The van der Waals surface area contributed by atoms with E-state index in [4.69, 9.17) is 24.5 Å². The van der Waals surface area contributed by atoms with Crippen molar-refractivity contribution < 1.29 is 19.7 Å². The van der Waals surface area contributed by atoms with Crippen LogP contribution in [0.25, 0.3) is 28.0 Å². The number of anilines is 1. The van der Waals surface area contributed by atoms with Gasteiger partial charge in [0.1, 0.15) is 19.3 Å². The second-order valence-electron chi connectivity index (χ2n) is 15.7. The molecule has 3 heterocycles. The van der Waals surface area contributed by atoms with Gasteiger partial charge in [-0.2, -0.15) is 9.61 Å². The molecule has 3 aromatic heterocycles. The predicted octanol–water partition coefficient (Wildman–Crippen LogP) is 7.52. The molecule has 0 aliphatic heterocycles. The summed E-state index contributed by atoms with van der Waals surface area (Å²) in [5, 5.41) is 24.8. The highest BCUT2D eigenvalue weighted by molar-refractivity contribution is 6.76. The first-order valence-corrected chi connectivity index (χ1v) is 24.9. The van der Waals surface area contributed by atoms with E-state index in [9.17, 15) is 10.2 Å². The minimum atomic E-state index is -1.25. The van der Waals surface area contributed by atoms with Gasteiger partial charge in [0, 0.05) is 69.9 Å². The molecule has 1 atom stereocenters. The number of benzene rings is 1. The zero-order valence-corrected chi connectivity index (χ0v) is 31.7. The standard InChI is InChI=1S/C37H55N5O4Si2/c1-47(2,3)20-18-45-26-41(27-46-19-21-48(4,5)6)36-22-34(29-12-14-30(15-13-29)35(44)25-43)40-37-32(24-39-42(36)37)31-16-17-33(38-23-31)28-10-8-7-9-11-28/h7-11,16-17,22-24,29-30,35,43-44H,12-15,18-21,25-27H2,1-6H3/t29?,30?,35-/m0/s1. The van der Waals surface area contributed by atoms with Crippen molar-refractivity contribution in [1.29, 1.82) is 0 Å². The maximum Gasteiger partial charge on any atom is 0.165 e. The summed E-state index contributed by atoms with van der Waals surface area (Å²) < 4.78 is 14.6. The van der Waals surface area contributed by atoms with E-state index in [1.807, 2.05) is 35.1 Å². The molecule has 5 rings (SSSR count). The summed E-state index contributed by atoms with van der Waals surface area (Å²) in [6.45, 7) is 16.2. The largest absolute Gasteiger partial charge is 0.394 e. The van der Waals surface area contributed by atoms with E-state index in [0.717, 1.165) is 77.3 Å². The molecule has 1 aliphatic rings. The van der Waals surface area contributed by atoms with Gasteiger partial charge in [0.2, 0.25) is 0 Å². The number of nitrogens with zero attached hydrogens (tertiary/aromatic N) is 5. The van der Waals surface area contributed by atoms with Gasteiger partial charge in [-0.15, -0.1) is 0 Å². The molecule has 1 aliphatic carbocycles. The fraction of sp³-hybridized carbons (Fsp3) is 0.541. The third-order valence-electron chi connectivity index (χ3n) is 9.35. The van der Waals surface area contributed by atoms with Crippen molar-refractivity contribution in [3.8, 4) is 22.4 Å². The van der Waals surface area contributed by atoms with Crippen LogP contribution in [0.3, 0.4) is 0 Å². The van der Waals surface area contributed by atoms with Gasteiger partial charge < -0.3 is 24.6 Å². The molecular formula is C37H55N5O4Si2. The van der Waals surface area contributed by atoms with Gasteiger partial charge >= 0.3 is 0 Å². The summed E-state index contributed by atoms with van der Waals surface area (Å²) in [7, 11) is -2.50. The first kappa shape index (κ1) is 36.3. The fourth-order valence-electron chi connectivity index (χ4n) is 6.16. The van der Waals surface area contributed by atoms with Crippen molar-refractivity contribution in [3.63, 3.8) is 0 Å². The number of aliphatic hydroxyl groups is 2. The fourth-order valence-corrected chi connectivity index (χ4v) is 7.67. The molecule has 0 radical (unpaired) electrons. The highest BCUT2D eigenvalue weighted by atomic mass is 28.3. The quantitative estimate of drug-likeness (QED) is 0.0708. The van der Waals surface area contributed by atoms with Gasteiger partial charge in [0.25, 0.3) is 0 Å². The van der Waals surface area contributed by atoms with Gasteiger partial charge in [-0.05, 0) is 49.8 Å². The molecule has 4 aromatic rings. The number of hydrogen-bond donors (Lipinski definition) is 2. The highest BCUT2D eigenvalue weighted by Gasteiger charge is 2.29. The predicted molar refractivity (Wildman–Crippen MR) is 200 cm³/mol. The van der Waals surface area contributed by atoms with Crippen molar-refractivity contribution in [2.45, 2.75) is 89.1 Å². The lowest BCUT2D eigenvalue weighted by molar-refractivity contribution is 0.0300. The van der Waals surface area contributed by atoms with E-state index in [2.05, 4.69) is 74.5 Å². The lowest BCUT2D eigenvalue weighted by Crippen LogP contribution is -2.33. The zero-order chi connectivity index (χ0) is 34.3. The maximum atomic E-state index is 10.3. The number of hydrogen-bond acceptors (Lipinski definition) is 8. The van der Waals surface area contributed by atoms with E-state index in [1.54, 1.807) is 0 Å². The van der Waals surface area contributed by atoms with Crippen LogP contribution in [0, 0.1) is 5.92 Å². The number of fused-ring (bicyclic) bond motifs is 1. The minimum Gasteiger partial charge on any atom is -0.394 e. The Hall–Kier alpha value is -2.94. The van der Waals surface area contributed by atoms with Gasteiger partial charge in [0.15, 0.2) is 5.65 Å². The Morgan fingerprint density at radius 1 is 0.854 bits per heavy atom. The first-order chi connectivity index (χ1) is 22.9. The van der Waals surface area contributed by atoms with E-state index in [0.29, 0.717) is 26.7 Å². The molecule has 9 nitrogen and oxygen atoms in total. The number of pyridine rings is 1. The third-order valence-corrected chi connectivity index (χ3v) is 12.8. The molecule has 1 aromatic carbocycles. The van der Waals surface area contributed by atoms with Gasteiger partial charge in [0.05, 0.1) is 24.6 Å². The molecule has 48 heavy (non-hydrogen) atoms. The molecule has 260 valence electrons. The van der Waals surface area contributed by atoms with Crippen LogP contribution in [-0.2, 0) is 9.47 Å². The molecule has 1 saturated carbocycles. The Morgan fingerprint density at radius 3 is 2.06 bits per heavy atom. The smallest absolute Gasteiger partial charge is 0.165 e. The molecule has 0 spiro atoms. The van der Waals surface area contributed by atoms with Crippen molar-refractivity contribution in [2.75, 3.05) is 38.2 Å². The second kappa shape index (κ2) is 16.2. The van der Waals surface area contributed by atoms with Crippen LogP contribution in [0.1, 0.15) is 37.3 Å². The number of rotatable bonds is 16. The van der Waals surface area contributed by atoms with Gasteiger partial charge in [-0.3, -0.25) is 4.98 Å². The highest BCUT2D eigenvalue weighted by Crippen LogP contribution is 2.38. The van der Waals surface area contributed by atoms with E-state index < -0.39 is 22.3 Å². The maximum absolute atomic E-state index is 10.3. The summed E-state index contributed by atoms with van der Waals surface area (Å²) in [5.74, 6) is 1.25. The molecule has 0 bridgehead atoms. The molecule has 1 fully saturated rings. The summed E-state index contributed by atoms with van der Waals surface area (Å²) >= 11 is 0. The topological polar surface area (TPSA) is 105 Å². The summed E-state index contributed by atoms with van der Waals surface area (Å²) in [5.41, 5.74) is 5.67. The van der Waals surface area contributed by atoms with Crippen LogP contribution in [0.15, 0.2) is 60.9 Å². The van der Waals surface area contributed by atoms with Crippen LogP contribution in [0.2, 0.25) is 51.4 Å². The first-order valence-electron chi connectivity index (χ1n) is 17.5. The lowest BCUT2D eigenvalue weighted by Gasteiger charge is -2.31. The number of aromatic nitrogens is 4. The summed E-state index contributed by atoms with van der Waals surface area (Å²) in [6.07, 6.45) is 6.65. The monoisotopic (exact) mass is 689 g/mol. The molecule has 0 saturated heterocycles. The average molecular weight is 690 g/mol. The van der Waals surface area contributed by atoms with Crippen LogP contribution in [0.4, 0.5) is 5.82 Å². The summed E-state index contributed by atoms with van der Waals surface area (Å²) in [6, 6.07) is 18.7. The van der Waals surface area contributed by atoms with Crippen LogP contribution < -0.4 is 4.90 Å². The lowest BCUT2D eigenvalue weighted by atomic mass is 9.78. The molecular weight excluding hydrogens is 635 g/mol. The Balaban J connectivity index is 1.50. The second-order valence-corrected chi connectivity index (χ2v) is 27.0. The average Bonchev–Trinajstić information content (AvgIpc) is 3.50. The Bertz CT molecular complexity index is 1560. The molecule has 11 heteroatoms. The minimum absolute atomic E-state index is 0.116. The normalized spacial score (nSPS) is 17.9. The van der Waals surface area contributed by atoms with Crippen LogP contribution >= 0.6 is 0 Å². The molecule has 0 amide bonds. The molecule has 0 unspecified atom stereocenters. The SMILES string of the molecule is C[Si](C)(C)CCOCN(COCC[Si](C)(C)C)c1cc(C2CCC([C@@H](O)CO)CC2)nc2c(-c3ccc(-c4ccccc4)nc3)cnn12. The van der Waals surface area contributed by atoms with E-state index >= 15 is 0 Å². The van der Waals surface area contributed by atoms with Crippen molar-refractivity contribution in [2.24, 2.45) is 5.92 Å². The van der Waals surface area contributed by atoms with Crippen molar-refractivity contribution in [1.82, 2.24) is 19.6 Å². The van der Waals surface area contributed by atoms with Gasteiger partial charge in [-0.25, -0.2) is 4.98 Å². The number of aliphatic hydroxyl groups excluding tert-OH is 2. The van der Waals surface area contributed by atoms with Crippen LogP contribution in [0.5, 0.6) is 0 Å². The number of ether oxygens (including phenoxy) is 2. The Labute approximate surface area is 288 Å². The summed E-state index contributed by atoms with van der Waals surface area (Å²) in [4.78, 5) is 12.2. The molecule has 2 N–H and O–H groups in total. The van der Waals surface area contributed by atoms with Crippen molar-refractivity contribution >= 4 is 27.6 Å². The van der Waals surface area contributed by atoms with Crippen LogP contribution in [-0.4, -0.2) is 85.3 Å². The van der Waals surface area contributed by atoms with E-state index in [1.165, 1.54) is 0 Å². The van der Waals surface area contributed by atoms with Crippen molar-refractivity contribution in [3.05, 3.63) is 66.6 Å². The third kappa shape index (κ3) is 9.83. The Kier molecular flexibility index (Phi) is 12.3.